The molecule has 1 aliphatic heterocycles. The molecule has 108 valence electrons. The monoisotopic (exact) mass is 301 g/mol. The Morgan fingerprint density at radius 1 is 1.40 bits per heavy atom. The Kier molecular flexibility index (Phi) is 3.22. The number of nitrogens with zero attached hydrogens (tertiary/aromatic N) is 2. The van der Waals surface area contributed by atoms with Gasteiger partial charge in [-0.15, -0.1) is 0 Å². The molecule has 1 fully saturated rings. The third kappa shape index (κ3) is 1.83. The Hall–Kier alpha value is -1.52. The largest absolute Gasteiger partial charge is 0.477 e. The van der Waals surface area contributed by atoms with Gasteiger partial charge in [0.15, 0.2) is 0 Å². The molecule has 3 rings (SSSR count). The predicted molar refractivity (Wildman–Crippen MR) is 66.4 cm³/mol. The Morgan fingerprint density at radius 2 is 2.15 bits per heavy atom. The van der Waals surface area contributed by atoms with Crippen LogP contribution >= 0.6 is 11.3 Å². The molecule has 0 aromatic carbocycles. The number of hydrogen-bond acceptors (Lipinski definition) is 7. The van der Waals surface area contributed by atoms with Crippen LogP contribution in [0.4, 0.5) is 0 Å². The van der Waals surface area contributed by atoms with Crippen LogP contribution in [0.5, 0.6) is 5.88 Å². The number of thiazole rings is 1. The summed E-state index contributed by atoms with van der Waals surface area (Å²) in [6.07, 6.45) is -3.11. The molecule has 0 radical (unpaired) electrons. The van der Waals surface area contributed by atoms with Crippen LogP contribution in [0, 0.1) is 0 Å². The van der Waals surface area contributed by atoms with Crippen molar-refractivity contribution in [1.82, 2.24) is 4.40 Å². The van der Waals surface area contributed by atoms with E-state index < -0.39 is 36.7 Å². The van der Waals surface area contributed by atoms with Crippen molar-refractivity contribution in [2.45, 2.75) is 24.5 Å². The highest BCUT2D eigenvalue weighted by Gasteiger charge is 2.47. The fourth-order valence-electron chi connectivity index (χ4n) is 2.29. The molecule has 4 N–H and O–H groups in total. The number of rotatable bonds is 2. The van der Waals surface area contributed by atoms with E-state index in [0.717, 1.165) is 6.07 Å². The van der Waals surface area contributed by atoms with E-state index in [1.54, 1.807) is 5.38 Å². The SMILES string of the molecule is O=c1cc(O)[n+]([C@H]2O[C@@H](CO)[C@@H](O)[C@@H]2O)c2sccn12. The van der Waals surface area contributed by atoms with Crippen molar-refractivity contribution < 1.29 is 29.7 Å². The number of fused-ring (bicyclic) bond motifs is 1. The van der Waals surface area contributed by atoms with Gasteiger partial charge in [0.1, 0.15) is 30.6 Å². The second-order valence-electron chi connectivity index (χ2n) is 4.50. The molecule has 0 aliphatic carbocycles. The van der Waals surface area contributed by atoms with Crippen LogP contribution in [0.2, 0.25) is 0 Å². The molecule has 0 spiro atoms. The highest BCUT2D eigenvalue weighted by Crippen LogP contribution is 2.27. The summed E-state index contributed by atoms with van der Waals surface area (Å²) in [6, 6.07) is 0.994. The number of aliphatic hydroxyl groups is 3. The maximum Gasteiger partial charge on any atom is 0.353 e. The van der Waals surface area contributed by atoms with Crippen LogP contribution in [0.1, 0.15) is 6.23 Å². The van der Waals surface area contributed by atoms with Crippen LogP contribution in [0.25, 0.3) is 4.96 Å². The van der Waals surface area contributed by atoms with Crippen LogP contribution in [0.15, 0.2) is 22.4 Å². The van der Waals surface area contributed by atoms with Crippen LogP contribution in [-0.4, -0.2) is 49.7 Å². The van der Waals surface area contributed by atoms with Crippen molar-refractivity contribution in [2.24, 2.45) is 0 Å². The van der Waals surface area contributed by atoms with Crippen LogP contribution in [0.3, 0.4) is 0 Å². The number of aromatic nitrogens is 2. The minimum Gasteiger partial charge on any atom is -0.477 e. The number of aliphatic hydroxyl groups excluding tert-OH is 3. The molecule has 1 aliphatic rings. The summed E-state index contributed by atoms with van der Waals surface area (Å²) < 4.78 is 7.87. The van der Waals surface area contributed by atoms with Crippen molar-refractivity contribution in [3.63, 3.8) is 0 Å². The lowest BCUT2D eigenvalue weighted by atomic mass is 10.1. The summed E-state index contributed by atoms with van der Waals surface area (Å²) in [6.45, 7) is -0.462. The van der Waals surface area contributed by atoms with Crippen LogP contribution < -0.4 is 10.1 Å². The first kappa shape index (κ1) is 13.5. The molecule has 8 nitrogen and oxygen atoms in total. The van der Waals surface area contributed by atoms with Gasteiger partial charge in [-0.05, 0) is 0 Å². The predicted octanol–water partition coefficient (Wildman–Crippen LogP) is -2.03. The quantitative estimate of drug-likeness (QED) is 0.475. The Morgan fingerprint density at radius 3 is 2.80 bits per heavy atom. The van der Waals surface area contributed by atoms with Crippen molar-refractivity contribution in [3.05, 3.63) is 28.0 Å². The highest BCUT2D eigenvalue weighted by molar-refractivity contribution is 7.14. The molecule has 0 saturated carbocycles. The first-order valence-electron chi connectivity index (χ1n) is 5.90. The van der Waals surface area contributed by atoms with Crippen molar-refractivity contribution >= 4 is 16.3 Å². The van der Waals surface area contributed by atoms with Gasteiger partial charge in [0.2, 0.25) is 6.23 Å². The number of aromatic hydroxyl groups is 1. The van der Waals surface area contributed by atoms with Crippen molar-refractivity contribution in [3.8, 4) is 5.88 Å². The molecule has 1 saturated heterocycles. The van der Waals surface area contributed by atoms with Gasteiger partial charge in [-0.1, -0.05) is 11.3 Å². The molecular weight excluding hydrogens is 288 g/mol. The molecule has 0 amide bonds. The molecule has 3 heterocycles. The second kappa shape index (κ2) is 4.79. The van der Waals surface area contributed by atoms with Crippen molar-refractivity contribution in [1.29, 1.82) is 0 Å². The Bertz CT molecular complexity index is 698. The first-order valence-corrected chi connectivity index (χ1v) is 6.78. The molecule has 0 bridgehead atoms. The smallest absolute Gasteiger partial charge is 0.353 e. The van der Waals surface area contributed by atoms with Crippen molar-refractivity contribution in [2.75, 3.05) is 6.61 Å². The number of ether oxygens (including phenoxy) is 1. The van der Waals surface area contributed by atoms with Gasteiger partial charge in [0.05, 0.1) is 6.61 Å². The van der Waals surface area contributed by atoms with E-state index >= 15 is 0 Å². The minimum atomic E-state index is -1.33. The lowest BCUT2D eigenvalue weighted by molar-refractivity contribution is -0.749. The molecule has 9 heteroatoms. The van der Waals surface area contributed by atoms with Gasteiger partial charge < -0.3 is 25.2 Å². The Balaban J connectivity index is 2.16. The molecule has 20 heavy (non-hydrogen) atoms. The summed E-state index contributed by atoms with van der Waals surface area (Å²) in [5, 5.41) is 40.4. The van der Waals surface area contributed by atoms with E-state index in [1.807, 2.05) is 0 Å². The molecule has 2 aromatic heterocycles. The molecule has 2 aromatic rings. The van der Waals surface area contributed by atoms with Gasteiger partial charge in [0.25, 0.3) is 5.88 Å². The highest BCUT2D eigenvalue weighted by atomic mass is 32.1. The third-order valence-corrected chi connectivity index (χ3v) is 4.17. The van der Waals surface area contributed by atoms with E-state index in [4.69, 9.17) is 9.84 Å². The molecular formula is C11H13N2O6S+. The fourth-order valence-corrected chi connectivity index (χ4v) is 3.17. The van der Waals surface area contributed by atoms with E-state index in [-0.39, 0.29) is 5.88 Å². The zero-order chi connectivity index (χ0) is 14.4. The molecule has 0 unspecified atom stereocenters. The zero-order valence-corrected chi connectivity index (χ0v) is 11.0. The standard InChI is InChI=1S/C11H12N2O6S/c14-4-5-8(17)9(18)10(19-5)13-7(16)3-6(15)12-1-2-20-11(12)13/h1-3,5,8-10,14,17-18H,4H2/p+1/t5-,8+,9-,10-/m0/s1. The average molecular weight is 301 g/mol. The summed E-state index contributed by atoms with van der Waals surface area (Å²) in [5.41, 5.74) is -0.415. The zero-order valence-electron chi connectivity index (χ0n) is 10.2. The first-order chi connectivity index (χ1) is 9.54. The summed E-state index contributed by atoms with van der Waals surface area (Å²) in [7, 11) is 0. The molecule has 4 atom stereocenters. The van der Waals surface area contributed by atoms with Gasteiger partial charge in [-0.3, -0.25) is 0 Å². The summed E-state index contributed by atoms with van der Waals surface area (Å²) in [5.74, 6) is -0.382. The van der Waals surface area contributed by atoms with E-state index in [9.17, 15) is 20.1 Å². The van der Waals surface area contributed by atoms with Crippen LogP contribution in [-0.2, 0) is 4.74 Å². The third-order valence-electron chi connectivity index (χ3n) is 3.30. The summed E-state index contributed by atoms with van der Waals surface area (Å²) in [4.78, 5) is 12.0. The lowest BCUT2D eigenvalue weighted by Crippen LogP contribution is -2.48. The summed E-state index contributed by atoms with van der Waals surface area (Å²) >= 11 is 1.17. The lowest BCUT2D eigenvalue weighted by Gasteiger charge is -2.14. The topological polar surface area (TPSA) is 116 Å². The second-order valence-corrected chi connectivity index (χ2v) is 5.37. The van der Waals surface area contributed by atoms with E-state index in [0.29, 0.717) is 4.96 Å². The van der Waals surface area contributed by atoms with Gasteiger partial charge in [-0.25, -0.2) is 4.79 Å². The van der Waals surface area contributed by atoms with Gasteiger partial charge in [0, 0.05) is 5.38 Å². The number of hydrogen-bond donors (Lipinski definition) is 4. The maximum atomic E-state index is 11.7. The average Bonchev–Trinajstić information content (AvgIpc) is 2.99. The maximum absolute atomic E-state index is 11.7. The minimum absolute atomic E-state index is 0.352. The normalized spacial score (nSPS) is 30.1. The fraction of sp³-hybridized carbons (Fsp3) is 0.455. The van der Waals surface area contributed by atoms with E-state index in [2.05, 4.69) is 0 Å². The van der Waals surface area contributed by atoms with Gasteiger partial charge in [-0.2, -0.15) is 8.97 Å². The van der Waals surface area contributed by atoms with E-state index in [1.165, 1.54) is 26.5 Å². The van der Waals surface area contributed by atoms with Gasteiger partial charge >= 0.3 is 10.5 Å². The Labute approximate surface area is 116 Å².